The summed E-state index contributed by atoms with van der Waals surface area (Å²) in [5.74, 6) is 1.14. The molecular formula is C16H17NO5S. The number of aliphatic hydroxyl groups is 1. The second kappa shape index (κ2) is 5.84. The number of hydrogen-bond donors (Lipinski definition) is 2. The molecule has 1 heterocycles. The third-order valence-corrected chi connectivity index (χ3v) is 5.07. The molecule has 0 aromatic heterocycles. The van der Waals surface area contributed by atoms with E-state index in [2.05, 4.69) is 4.72 Å². The van der Waals surface area contributed by atoms with E-state index >= 15 is 0 Å². The Morgan fingerprint density at radius 2 is 1.83 bits per heavy atom. The van der Waals surface area contributed by atoms with Crippen molar-refractivity contribution in [2.24, 2.45) is 0 Å². The number of sulfonamides is 1. The first-order valence-corrected chi connectivity index (χ1v) is 8.54. The van der Waals surface area contributed by atoms with Crippen molar-refractivity contribution in [1.29, 1.82) is 0 Å². The molecule has 1 aliphatic heterocycles. The van der Waals surface area contributed by atoms with Crippen LogP contribution < -0.4 is 14.2 Å². The van der Waals surface area contributed by atoms with Gasteiger partial charge in [0, 0.05) is 6.54 Å². The van der Waals surface area contributed by atoms with Crippen molar-refractivity contribution in [2.45, 2.75) is 17.4 Å². The zero-order valence-electron chi connectivity index (χ0n) is 12.5. The van der Waals surface area contributed by atoms with E-state index < -0.39 is 15.6 Å². The highest BCUT2D eigenvalue weighted by atomic mass is 32.2. The Hall–Kier alpha value is -2.09. The van der Waals surface area contributed by atoms with Crippen LogP contribution in [0.4, 0.5) is 0 Å². The fourth-order valence-electron chi connectivity index (χ4n) is 2.25. The summed E-state index contributed by atoms with van der Waals surface area (Å²) in [4.78, 5) is 0.154. The minimum Gasteiger partial charge on any atom is -0.454 e. The Morgan fingerprint density at radius 3 is 2.57 bits per heavy atom. The molecule has 23 heavy (non-hydrogen) atoms. The molecule has 6 nitrogen and oxygen atoms in total. The van der Waals surface area contributed by atoms with E-state index in [4.69, 9.17) is 9.47 Å². The molecule has 1 aliphatic rings. The van der Waals surface area contributed by atoms with Crippen LogP contribution in [-0.2, 0) is 15.6 Å². The maximum atomic E-state index is 12.2. The Labute approximate surface area is 134 Å². The normalized spacial score (nSPS) is 16.1. The molecule has 7 heteroatoms. The lowest BCUT2D eigenvalue weighted by molar-refractivity contribution is 0.0625. The lowest BCUT2D eigenvalue weighted by Gasteiger charge is -2.24. The summed E-state index contributed by atoms with van der Waals surface area (Å²) in [6.45, 7) is 1.52. The molecule has 0 saturated heterocycles. The van der Waals surface area contributed by atoms with Crippen LogP contribution in [0.3, 0.4) is 0 Å². The standard InChI is InChI=1S/C16H17NO5S/c1-16(18,12-7-8-14-15(9-12)22-11-21-14)10-17-23(19,20)13-5-3-2-4-6-13/h2-9,17-18H,10-11H2,1H3. The van der Waals surface area contributed by atoms with Gasteiger partial charge in [-0.25, -0.2) is 13.1 Å². The highest BCUT2D eigenvalue weighted by molar-refractivity contribution is 7.89. The van der Waals surface area contributed by atoms with Crippen LogP contribution in [0.2, 0.25) is 0 Å². The van der Waals surface area contributed by atoms with E-state index in [1.54, 1.807) is 36.4 Å². The average molecular weight is 335 g/mol. The molecule has 2 N–H and O–H groups in total. The van der Waals surface area contributed by atoms with Gasteiger partial charge in [-0.05, 0) is 36.8 Å². The second-order valence-electron chi connectivity index (χ2n) is 5.48. The van der Waals surface area contributed by atoms with Crippen molar-refractivity contribution >= 4 is 10.0 Å². The number of nitrogens with one attached hydrogen (secondary N) is 1. The first kappa shape index (κ1) is 15.8. The molecule has 0 amide bonds. The predicted molar refractivity (Wildman–Crippen MR) is 83.8 cm³/mol. The molecule has 0 fully saturated rings. The van der Waals surface area contributed by atoms with Gasteiger partial charge in [0.05, 0.1) is 4.90 Å². The smallest absolute Gasteiger partial charge is 0.240 e. The maximum Gasteiger partial charge on any atom is 0.240 e. The van der Waals surface area contributed by atoms with Crippen molar-refractivity contribution < 1.29 is 23.0 Å². The van der Waals surface area contributed by atoms with Crippen LogP contribution in [0.1, 0.15) is 12.5 Å². The summed E-state index contributed by atoms with van der Waals surface area (Å²) in [6, 6.07) is 13.0. The zero-order chi connectivity index (χ0) is 16.5. The molecule has 1 unspecified atom stereocenters. The number of fused-ring (bicyclic) bond motifs is 1. The van der Waals surface area contributed by atoms with Gasteiger partial charge in [0.25, 0.3) is 0 Å². The van der Waals surface area contributed by atoms with Gasteiger partial charge < -0.3 is 14.6 Å². The summed E-state index contributed by atoms with van der Waals surface area (Å²) in [5.41, 5.74) is -0.847. The van der Waals surface area contributed by atoms with Gasteiger partial charge in [0.15, 0.2) is 11.5 Å². The molecule has 0 aliphatic carbocycles. The van der Waals surface area contributed by atoms with Gasteiger partial charge in [0.1, 0.15) is 5.60 Å². The Kier molecular flexibility index (Phi) is 4.01. The van der Waals surface area contributed by atoms with Crippen LogP contribution in [0.5, 0.6) is 11.5 Å². The van der Waals surface area contributed by atoms with E-state index in [9.17, 15) is 13.5 Å². The van der Waals surface area contributed by atoms with Crippen LogP contribution in [0.25, 0.3) is 0 Å². The topological polar surface area (TPSA) is 84.9 Å². The summed E-state index contributed by atoms with van der Waals surface area (Å²) >= 11 is 0. The molecule has 2 aromatic rings. The van der Waals surface area contributed by atoms with E-state index in [0.717, 1.165) is 0 Å². The van der Waals surface area contributed by atoms with Crippen molar-refractivity contribution in [3.63, 3.8) is 0 Å². The fraction of sp³-hybridized carbons (Fsp3) is 0.250. The summed E-state index contributed by atoms with van der Waals surface area (Å²) in [6.07, 6.45) is 0. The third-order valence-electron chi connectivity index (χ3n) is 3.65. The molecule has 1 atom stereocenters. The Morgan fingerprint density at radius 1 is 1.13 bits per heavy atom. The van der Waals surface area contributed by atoms with Crippen LogP contribution >= 0.6 is 0 Å². The largest absolute Gasteiger partial charge is 0.454 e. The van der Waals surface area contributed by atoms with Crippen LogP contribution in [0, 0.1) is 0 Å². The summed E-state index contributed by atoms with van der Waals surface area (Å²) in [5, 5.41) is 10.6. The van der Waals surface area contributed by atoms with Crippen LogP contribution in [-0.4, -0.2) is 26.9 Å². The molecule has 0 bridgehead atoms. The average Bonchev–Trinajstić information content (AvgIpc) is 3.02. The van der Waals surface area contributed by atoms with Crippen molar-refractivity contribution in [3.05, 3.63) is 54.1 Å². The molecule has 2 aromatic carbocycles. The first-order valence-electron chi connectivity index (χ1n) is 7.06. The van der Waals surface area contributed by atoms with Gasteiger partial charge in [0.2, 0.25) is 16.8 Å². The molecule has 0 radical (unpaired) electrons. The third kappa shape index (κ3) is 3.31. The minimum atomic E-state index is -3.68. The van der Waals surface area contributed by atoms with Crippen LogP contribution in [0.15, 0.2) is 53.4 Å². The summed E-state index contributed by atoms with van der Waals surface area (Å²) in [7, 11) is -3.68. The summed E-state index contributed by atoms with van der Waals surface area (Å²) < 4.78 is 37.4. The SMILES string of the molecule is CC(O)(CNS(=O)(=O)c1ccccc1)c1ccc2c(c1)OCO2. The molecular weight excluding hydrogens is 318 g/mol. The number of ether oxygens (including phenoxy) is 2. The Balaban J connectivity index is 1.76. The lowest BCUT2D eigenvalue weighted by Crippen LogP contribution is -2.38. The van der Waals surface area contributed by atoms with Gasteiger partial charge in [-0.1, -0.05) is 24.3 Å². The van der Waals surface area contributed by atoms with E-state index in [0.29, 0.717) is 17.1 Å². The van der Waals surface area contributed by atoms with Gasteiger partial charge in [-0.15, -0.1) is 0 Å². The zero-order valence-corrected chi connectivity index (χ0v) is 13.3. The monoisotopic (exact) mass is 335 g/mol. The molecule has 3 rings (SSSR count). The fourth-order valence-corrected chi connectivity index (χ4v) is 3.41. The van der Waals surface area contributed by atoms with E-state index in [1.165, 1.54) is 19.1 Å². The first-order chi connectivity index (χ1) is 10.9. The maximum absolute atomic E-state index is 12.2. The van der Waals surface area contributed by atoms with Gasteiger partial charge in [-0.3, -0.25) is 0 Å². The van der Waals surface area contributed by atoms with Crippen molar-refractivity contribution in [2.75, 3.05) is 13.3 Å². The highest BCUT2D eigenvalue weighted by Gasteiger charge is 2.28. The number of hydrogen-bond acceptors (Lipinski definition) is 5. The second-order valence-corrected chi connectivity index (χ2v) is 7.25. The highest BCUT2D eigenvalue weighted by Crippen LogP contribution is 2.35. The van der Waals surface area contributed by atoms with Crippen molar-refractivity contribution in [3.8, 4) is 11.5 Å². The number of rotatable bonds is 5. The van der Waals surface area contributed by atoms with Gasteiger partial charge in [-0.2, -0.15) is 0 Å². The molecule has 122 valence electrons. The quantitative estimate of drug-likeness (QED) is 0.867. The lowest BCUT2D eigenvalue weighted by atomic mass is 9.96. The van der Waals surface area contributed by atoms with E-state index in [-0.39, 0.29) is 18.2 Å². The molecule has 0 saturated carbocycles. The number of benzene rings is 2. The van der Waals surface area contributed by atoms with Crippen molar-refractivity contribution in [1.82, 2.24) is 4.72 Å². The Bertz CT molecular complexity index is 802. The molecule has 0 spiro atoms. The minimum absolute atomic E-state index is 0.140. The van der Waals surface area contributed by atoms with E-state index in [1.807, 2.05) is 0 Å². The van der Waals surface area contributed by atoms with Gasteiger partial charge >= 0.3 is 0 Å². The predicted octanol–water partition coefficient (Wildman–Crippen LogP) is 1.60.